The third kappa shape index (κ3) is 3.61. The number of hydrogen-bond donors (Lipinski definition) is 0. The van der Waals surface area contributed by atoms with Crippen LogP contribution >= 0.6 is 0 Å². The third-order valence-electron chi connectivity index (χ3n) is 1.15. The molecule has 1 aliphatic heterocycles. The quantitative estimate of drug-likeness (QED) is 0.537. The summed E-state index contributed by atoms with van der Waals surface area (Å²) in [5.74, 6) is 0. The summed E-state index contributed by atoms with van der Waals surface area (Å²) in [6.45, 7) is 5.75. The second-order valence-electron chi connectivity index (χ2n) is 2.37. The predicted octanol–water partition coefficient (Wildman–Crippen LogP) is -0.532. The van der Waals surface area contributed by atoms with Crippen molar-refractivity contribution in [2.45, 2.75) is 26.2 Å². The van der Waals surface area contributed by atoms with Crippen molar-refractivity contribution in [1.29, 1.82) is 4.94 Å². The molecular weight excluding hydrogens is 224 g/mol. The first-order chi connectivity index (χ1) is 6.83. The highest BCUT2D eigenvalue weighted by Crippen LogP contribution is 2.06. The van der Waals surface area contributed by atoms with Crippen molar-refractivity contribution >= 4 is 36.9 Å². The van der Waals surface area contributed by atoms with Gasteiger partial charge in [0.15, 0.2) is 0 Å². The van der Waals surface area contributed by atoms with Crippen LogP contribution in [0.15, 0.2) is 0 Å². The lowest BCUT2D eigenvalue weighted by molar-refractivity contribution is 0.295. The van der Waals surface area contributed by atoms with Crippen molar-refractivity contribution in [2.24, 2.45) is 0 Å². The van der Waals surface area contributed by atoms with Crippen molar-refractivity contribution in [3.63, 3.8) is 0 Å². The monoisotopic (exact) mass is 244 g/mol. The van der Waals surface area contributed by atoms with E-state index in [1.807, 2.05) is 0 Å². The molecule has 0 unspecified atom stereocenters. The molecule has 0 saturated carbocycles. The molecule has 1 rings (SSSR count). The van der Waals surface area contributed by atoms with Crippen molar-refractivity contribution in [1.82, 2.24) is 0 Å². The molecule has 0 aromatic rings. The van der Waals surface area contributed by atoms with Crippen LogP contribution < -0.4 is 0 Å². The topological polar surface area (TPSA) is 36.9 Å². The molecule has 1 saturated heterocycles. The molecule has 0 bridgehead atoms. The van der Waals surface area contributed by atoms with Crippen LogP contribution in [0.2, 0.25) is 26.2 Å². The normalized spacial score (nSPS) is 74.3. The lowest BCUT2D eigenvalue weighted by Crippen LogP contribution is -2.44. The number of rotatable bonds is 0. The second-order valence-corrected chi connectivity index (χ2v) is 9.57. The Morgan fingerprint density at radius 1 is 0.667 bits per heavy atom. The highest BCUT2D eigenvalue weighted by atomic mass is 28.5. The van der Waals surface area contributed by atoms with Crippen LogP contribution in [0.1, 0.15) is 0 Å². The average Bonchev–Trinajstić information content (AvgIpc) is 1.67. The summed E-state index contributed by atoms with van der Waals surface area (Å²) in [4.78, 5) is 0. The molecule has 0 aromatic heterocycles. The van der Waals surface area contributed by atoms with Crippen LogP contribution in [0.4, 0.5) is 0 Å². The van der Waals surface area contributed by atoms with Gasteiger partial charge in [-0.3, -0.25) is 0 Å². The summed E-state index contributed by atoms with van der Waals surface area (Å²) in [6.07, 6.45) is 0. The Kier molecular flexibility index (Phi) is 2.50. The Hall–Kier alpha value is 0.708. The van der Waals surface area contributed by atoms with Gasteiger partial charge in [0.2, 0.25) is 0 Å². The molecule has 0 radical (unpaired) electrons. The molecule has 0 atom stereocenters. The van der Waals surface area contributed by atoms with Crippen LogP contribution in [-0.4, -0.2) is 41.8 Å². The van der Waals surface area contributed by atoms with E-state index in [0.717, 1.165) is 0 Å². The van der Waals surface area contributed by atoms with Crippen molar-refractivity contribution in [2.75, 3.05) is 0 Å². The average molecular weight is 245 g/mol. The molecule has 12 heavy (non-hydrogen) atoms. The van der Waals surface area contributed by atoms with Crippen molar-refractivity contribution < 1.29 is 16.5 Å². The molecule has 0 amide bonds. The molecule has 0 aromatic carbocycles. The van der Waals surface area contributed by atoms with E-state index in [1.165, 1.54) is 26.2 Å². The molecule has 1 fully saturated rings. The van der Waals surface area contributed by atoms with Gasteiger partial charge < -0.3 is 16.5 Å². The van der Waals surface area contributed by atoms with Crippen molar-refractivity contribution in [3.8, 4) is 0 Å². The molecule has 8 heteroatoms. The third-order valence-corrected chi connectivity index (χ3v) is 10.3. The highest BCUT2D eigenvalue weighted by molar-refractivity contribution is 6.72. The molecule has 0 spiro atoms. The van der Waals surface area contributed by atoms with Crippen LogP contribution in [-0.2, 0) is 16.5 Å². The van der Waals surface area contributed by atoms with E-state index in [1.54, 1.807) is 0 Å². The van der Waals surface area contributed by atoms with E-state index in [9.17, 15) is 0 Å². The van der Waals surface area contributed by atoms with Gasteiger partial charge >= 0.3 is 0 Å². The summed E-state index contributed by atoms with van der Waals surface area (Å²) in [6, 6.07) is 0. The zero-order valence-electron chi connectivity index (χ0n) is 11.6. The summed E-state index contributed by atoms with van der Waals surface area (Å²) >= 11 is 0. The molecule has 1 heterocycles. The Balaban J connectivity index is 2.98. The van der Waals surface area contributed by atoms with Gasteiger partial charge in [-0.1, -0.05) is 0 Å². The van der Waals surface area contributed by atoms with E-state index in [4.69, 9.17) is 21.4 Å². The fraction of sp³-hybridized carbons (Fsp3) is 1.00. The second kappa shape index (κ2) is 4.81. The van der Waals surface area contributed by atoms with Gasteiger partial charge in [0.1, 0.15) is 0 Å². The zero-order valence-corrected chi connectivity index (χ0v) is 11.6. The van der Waals surface area contributed by atoms with Gasteiger partial charge in [-0.2, -0.15) is 0 Å². The smallest absolute Gasteiger partial charge is 0.300 e. The van der Waals surface area contributed by atoms with Crippen LogP contribution in [0.25, 0.3) is 0 Å². The van der Waals surface area contributed by atoms with Gasteiger partial charge in [-0.25, -0.2) is 0 Å². The van der Waals surface area contributed by atoms with Gasteiger partial charge in [0.05, 0.1) is 4.94 Å². The van der Waals surface area contributed by atoms with E-state index < -0.39 is 36.9 Å². The van der Waals surface area contributed by atoms with Gasteiger partial charge in [-0.15, -0.1) is 0 Å². The van der Waals surface area contributed by atoms with Gasteiger partial charge in [0.25, 0.3) is 36.9 Å². The molecule has 0 N–H and O–H groups in total. The van der Waals surface area contributed by atoms with Crippen LogP contribution in [0.5, 0.6) is 0 Å². The SMILES string of the molecule is [2H][Si]1(C)O[Si]([2H])(C)O[Si]([2H])(C)O[Si]([2H])(C)O1. The van der Waals surface area contributed by atoms with E-state index in [2.05, 4.69) is 0 Å². The maximum absolute atomic E-state index is 7.82. The van der Waals surface area contributed by atoms with E-state index >= 15 is 0 Å². The molecule has 4 nitrogen and oxygen atoms in total. The Morgan fingerprint density at radius 3 is 1.00 bits per heavy atom. The first-order valence-electron chi connectivity index (χ1n) is 5.63. The lowest BCUT2D eigenvalue weighted by Gasteiger charge is -2.28. The molecule has 72 valence electrons. The maximum atomic E-state index is 7.82. The maximum Gasteiger partial charge on any atom is 0.300 e. The first-order valence-corrected chi connectivity index (χ1v) is 10.9. The Bertz CT molecular complexity index is 213. The minimum atomic E-state index is -3.32. The summed E-state index contributed by atoms with van der Waals surface area (Å²) in [5, 5.41) is 0. The molecule has 0 aliphatic carbocycles. The Labute approximate surface area is 85.1 Å². The fourth-order valence-corrected chi connectivity index (χ4v) is 9.54. The Morgan fingerprint density at radius 2 is 0.833 bits per heavy atom. The standard InChI is InChI=1S/C4H16O4Si4/c1-9-5-10(2)7-12(4)8-11(3)6-9/h9-12H,1-4H3/i9D,10D,11D,12D. The van der Waals surface area contributed by atoms with Gasteiger partial charge in [-0.05, 0) is 26.2 Å². The van der Waals surface area contributed by atoms with E-state index in [-0.39, 0.29) is 0 Å². The fourth-order valence-electron chi connectivity index (χ4n) is 0.893. The van der Waals surface area contributed by atoms with Gasteiger partial charge in [0, 0.05) is 0 Å². The number of hydrogen-bond acceptors (Lipinski definition) is 4. The molecular formula is C4H16O4Si4. The van der Waals surface area contributed by atoms with Crippen molar-refractivity contribution in [3.05, 3.63) is 0 Å². The minimum absolute atomic E-state index is 1.44. The zero-order chi connectivity index (χ0) is 12.8. The van der Waals surface area contributed by atoms with Crippen LogP contribution in [0, 0.1) is 0 Å². The minimum Gasteiger partial charge on any atom is -0.420 e. The highest BCUT2D eigenvalue weighted by Gasteiger charge is 2.25. The summed E-state index contributed by atoms with van der Waals surface area (Å²) in [5.41, 5.74) is 0. The summed E-state index contributed by atoms with van der Waals surface area (Å²) in [7, 11) is -13.3. The molecule has 1 aliphatic rings. The predicted molar refractivity (Wildman–Crippen MR) is 56.4 cm³/mol. The van der Waals surface area contributed by atoms with Crippen LogP contribution in [0.3, 0.4) is 0 Å². The lowest BCUT2D eigenvalue weighted by atomic mass is 11.9. The largest absolute Gasteiger partial charge is 0.420 e. The first kappa shape index (κ1) is 6.24. The van der Waals surface area contributed by atoms with E-state index in [0.29, 0.717) is 0 Å². The summed E-state index contributed by atoms with van der Waals surface area (Å²) < 4.78 is 52.3.